The summed E-state index contributed by atoms with van der Waals surface area (Å²) in [5, 5.41) is 27.0. The Kier molecular flexibility index (Phi) is 15.4. The zero-order valence-corrected chi connectivity index (χ0v) is 33.0. The zero-order valence-electron chi connectivity index (χ0n) is 29.9. The number of aromatic nitrogens is 2. The van der Waals surface area contributed by atoms with E-state index >= 15 is 0 Å². The zero-order chi connectivity index (χ0) is 43.8. The Morgan fingerprint density at radius 3 is 1.63 bits per heavy atom. The molecular formula is C38H25BBrCl2F8N3O6. The van der Waals surface area contributed by atoms with Crippen molar-refractivity contribution in [3.05, 3.63) is 162 Å². The number of alkyl halides is 6. The number of nitrogens with zero attached hydrogens (tertiary/aromatic N) is 3. The second-order valence-electron chi connectivity index (χ2n) is 11.9. The van der Waals surface area contributed by atoms with Gasteiger partial charge in [0.05, 0.1) is 30.6 Å². The molecule has 4 aromatic carbocycles. The average Bonchev–Trinajstić information content (AvgIpc) is 3.15. The van der Waals surface area contributed by atoms with Gasteiger partial charge in [0, 0.05) is 17.3 Å². The second kappa shape index (κ2) is 19.6. The molecule has 6 aromatic rings. The lowest BCUT2D eigenvalue weighted by Crippen LogP contribution is -2.29. The molecule has 59 heavy (non-hydrogen) atoms. The van der Waals surface area contributed by atoms with Crippen molar-refractivity contribution in [2.45, 2.75) is 26.2 Å². The van der Waals surface area contributed by atoms with Gasteiger partial charge in [-0.2, -0.15) is 26.3 Å². The topological polar surface area (TPSA) is 128 Å². The number of rotatable bonds is 7. The van der Waals surface area contributed by atoms with Gasteiger partial charge in [0.25, 0.3) is 5.69 Å². The van der Waals surface area contributed by atoms with Crippen LogP contribution in [-0.4, -0.2) is 32.1 Å². The van der Waals surface area contributed by atoms with Crippen molar-refractivity contribution in [1.29, 1.82) is 0 Å². The Balaban J connectivity index is 0.000000213. The van der Waals surface area contributed by atoms with Crippen molar-refractivity contribution in [1.82, 2.24) is 9.97 Å². The molecule has 0 amide bonds. The average molecular weight is 933 g/mol. The van der Waals surface area contributed by atoms with Crippen LogP contribution in [-0.2, 0) is 12.4 Å². The largest absolute Gasteiger partial charge is 0.488 e. The molecule has 2 N–H and O–H groups in total. The van der Waals surface area contributed by atoms with Crippen LogP contribution in [0.2, 0.25) is 10.0 Å². The molecule has 0 aliphatic rings. The molecule has 0 saturated carbocycles. The van der Waals surface area contributed by atoms with Crippen molar-refractivity contribution in [3.8, 4) is 34.4 Å². The number of hydrogen-bond acceptors (Lipinski definition) is 8. The van der Waals surface area contributed by atoms with E-state index in [0.717, 1.165) is 30.3 Å². The van der Waals surface area contributed by atoms with Crippen molar-refractivity contribution < 1.29 is 59.6 Å². The van der Waals surface area contributed by atoms with E-state index < -0.39 is 51.4 Å². The second-order valence-corrected chi connectivity index (χ2v) is 13.5. The maximum atomic E-state index is 13.1. The minimum Gasteiger partial charge on any atom is -0.438 e. The first kappa shape index (κ1) is 46.4. The molecule has 0 aliphatic heterocycles. The molecule has 308 valence electrons. The summed E-state index contributed by atoms with van der Waals surface area (Å²) in [6.45, 7) is 3.12. The van der Waals surface area contributed by atoms with Crippen molar-refractivity contribution in [3.63, 3.8) is 0 Å². The summed E-state index contributed by atoms with van der Waals surface area (Å²) in [7, 11) is -1.51. The Morgan fingerprint density at radius 1 is 0.695 bits per heavy atom. The van der Waals surface area contributed by atoms with E-state index in [0.29, 0.717) is 22.3 Å². The number of nitro groups is 1. The molecule has 0 atom stereocenters. The highest BCUT2D eigenvalue weighted by Gasteiger charge is 2.35. The fourth-order valence-corrected chi connectivity index (χ4v) is 5.53. The highest BCUT2D eigenvalue weighted by molar-refractivity contribution is 9.10. The number of pyridine rings is 2. The molecule has 0 spiro atoms. The Bertz CT molecular complexity index is 2430. The number of aryl methyl sites for hydroxylation is 2. The normalized spacial score (nSPS) is 11.1. The monoisotopic (exact) mass is 931 g/mol. The van der Waals surface area contributed by atoms with Crippen LogP contribution in [0.3, 0.4) is 0 Å². The van der Waals surface area contributed by atoms with E-state index in [9.17, 15) is 45.2 Å². The maximum absolute atomic E-state index is 13.1. The van der Waals surface area contributed by atoms with Gasteiger partial charge in [-0.25, -0.2) is 18.7 Å². The predicted octanol–water partition coefficient (Wildman–Crippen LogP) is 11.7. The van der Waals surface area contributed by atoms with E-state index in [1.807, 2.05) is 0 Å². The summed E-state index contributed by atoms with van der Waals surface area (Å²) in [5.74, 6) is -0.963. The van der Waals surface area contributed by atoms with E-state index in [1.54, 1.807) is 19.1 Å². The van der Waals surface area contributed by atoms with E-state index in [4.69, 9.17) is 42.7 Å². The summed E-state index contributed by atoms with van der Waals surface area (Å²) in [5.41, 5.74) is -0.149. The smallest absolute Gasteiger partial charge is 0.438 e. The molecule has 2 heterocycles. The third-order valence-electron chi connectivity index (χ3n) is 7.54. The van der Waals surface area contributed by atoms with Crippen LogP contribution >= 0.6 is 39.1 Å². The van der Waals surface area contributed by atoms with Gasteiger partial charge in [-0.1, -0.05) is 47.5 Å². The molecule has 21 heteroatoms. The highest BCUT2D eigenvalue weighted by atomic mass is 79.9. The first-order valence-corrected chi connectivity index (χ1v) is 17.8. The first-order valence-electron chi connectivity index (χ1n) is 16.3. The molecule has 0 bridgehead atoms. The van der Waals surface area contributed by atoms with Gasteiger partial charge in [-0.15, -0.1) is 0 Å². The Hall–Kier alpha value is -5.34. The summed E-state index contributed by atoms with van der Waals surface area (Å²) in [6.07, 6.45) is -9.23. The lowest BCUT2D eigenvalue weighted by Gasteiger charge is -2.14. The van der Waals surface area contributed by atoms with Crippen LogP contribution in [0.15, 0.2) is 108 Å². The lowest BCUT2D eigenvalue weighted by atomic mass is 9.80. The van der Waals surface area contributed by atoms with Gasteiger partial charge in [0.2, 0.25) is 11.8 Å². The molecule has 0 fully saturated rings. The molecule has 0 unspecified atom stereocenters. The molecule has 0 aliphatic carbocycles. The van der Waals surface area contributed by atoms with E-state index in [2.05, 4.69) is 25.9 Å². The van der Waals surface area contributed by atoms with Gasteiger partial charge in [-0.3, -0.25) is 10.1 Å². The summed E-state index contributed by atoms with van der Waals surface area (Å²) in [4.78, 5) is 18.3. The third-order valence-corrected chi connectivity index (χ3v) is 8.77. The van der Waals surface area contributed by atoms with Gasteiger partial charge < -0.3 is 19.5 Å². The van der Waals surface area contributed by atoms with Gasteiger partial charge in [-0.05, 0) is 114 Å². The Labute approximate surface area is 348 Å². The number of ether oxygens (including phenoxy) is 2. The van der Waals surface area contributed by atoms with Crippen LogP contribution in [0.1, 0.15) is 22.5 Å². The molecule has 0 radical (unpaired) electrons. The minimum absolute atomic E-state index is 0.0526. The maximum Gasteiger partial charge on any atom is 0.488 e. The first-order chi connectivity index (χ1) is 27.5. The standard InChI is InChI=1S/C19H12ClF4NO.C13H7BrClF3N2O3.C6H6BFO2/c1-11-2-8-15(12-3-5-13(21)6-4-12)18(25-11)26-14-7-9-17(20)16(10-14)19(22,23)24;1-6-11(20(21)22)5-9(14)12(19-6)23-7-2-3-10(15)8(4-7)13(16,17)18;8-6-3-1-5(2-4-6)7(9)10/h2-10H,1H3;2-5H,1H3;1-4,9-10H. The number of halogens is 11. The van der Waals surface area contributed by atoms with E-state index in [1.165, 1.54) is 67.6 Å². The van der Waals surface area contributed by atoms with Crippen LogP contribution in [0.5, 0.6) is 23.3 Å². The fourth-order valence-electron chi connectivity index (χ4n) is 4.69. The molecule has 0 saturated heterocycles. The van der Waals surface area contributed by atoms with Crippen LogP contribution in [0.4, 0.5) is 40.8 Å². The van der Waals surface area contributed by atoms with Crippen molar-refractivity contribution in [2.24, 2.45) is 0 Å². The van der Waals surface area contributed by atoms with Crippen molar-refractivity contribution >= 4 is 57.4 Å². The number of hydrogen-bond donors (Lipinski definition) is 2. The number of benzene rings is 4. The van der Waals surface area contributed by atoms with Crippen molar-refractivity contribution in [2.75, 3.05) is 0 Å². The van der Waals surface area contributed by atoms with Crippen LogP contribution in [0, 0.1) is 35.6 Å². The fraction of sp³-hybridized carbons (Fsp3) is 0.105. The Morgan fingerprint density at radius 2 is 1.17 bits per heavy atom. The van der Waals surface area contributed by atoms with Crippen LogP contribution in [0.25, 0.3) is 11.1 Å². The molecule has 2 aromatic heterocycles. The lowest BCUT2D eigenvalue weighted by molar-refractivity contribution is -0.385. The SMILES string of the molecule is Cc1ccc(-c2ccc(F)cc2)c(Oc2ccc(Cl)c(C(F)(F)F)c2)n1.Cc1nc(Oc2ccc(Cl)c(C(F)(F)F)c2)c(Br)cc1[N+](=O)[O-].OB(O)c1ccc(F)cc1. The predicted molar refractivity (Wildman–Crippen MR) is 207 cm³/mol. The highest BCUT2D eigenvalue weighted by Crippen LogP contribution is 2.40. The third kappa shape index (κ3) is 13.1. The van der Waals surface area contributed by atoms with Gasteiger partial charge >= 0.3 is 19.5 Å². The summed E-state index contributed by atoms with van der Waals surface area (Å²) < 4.78 is 114. The quantitative estimate of drug-likeness (QED) is 0.0701. The van der Waals surface area contributed by atoms with Gasteiger partial charge in [0.15, 0.2) is 0 Å². The molecule has 9 nitrogen and oxygen atoms in total. The summed E-state index contributed by atoms with van der Waals surface area (Å²) >= 11 is 14.2. The molecular weight excluding hydrogens is 908 g/mol. The van der Waals surface area contributed by atoms with Crippen LogP contribution < -0.4 is 14.9 Å². The minimum atomic E-state index is -4.63. The van der Waals surface area contributed by atoms with E-state index in [-0.39, 0.29) is 44.9 Å². The summed E-state index contributed by atoms with van der Waals surface area (Å²) in [6, 6.07) is 21.5. The van der Waals surface area contributed by atoms with Gasteiger partial charge in [0.1, 0.15) is 28.8 Å². The molecule has 6 rings (SSSR count).